The number of carbonyl (C=O) groups excluding carboxylic acids is 1. The van der Waals surface area contributed by atoms with E-state index < -0.39 is 23.1 Å². The van der Waals surface area contributed by atoms with E-state index in [0.717, 1.165) is 27.9 Å². The number of aryl methyl sites for hydroxylation is 2. The molecule has 0 bridgehead atoms. The number of amides is 1. The summed E-state index contributed by atoms with van der Waals surface area (Å²) in [5.74, 6) is -2.72. The van der Waals surface area contributed by atoms with Gasteiger partial charge in [-0.25, -0.2) is 8.78 Å². The van der Waals surface area contributed by atoms with Crippen molar-refractivity contribution in [2.24, 2.45) is 4.99 Å². The first-order valence-corrected chi connectivity index (χ1v) is 7.96. The molecule has 2 aromatic carbocycles. The molecule has 3 rings (SSSR count). The third-order valence-electron chi connectivity index (χ3n) is 3.53. The van der Waals surface area contributed by atoms with E-state index in [1.165, 1.54) is 17.4 Å². The number of fused-ring (bicyclic) bond motifs is 1. The second-order valence-corrected chi connectivity index (χ2v) is 6.12. The van der Waals surface area contributed by atoms with Gasteiger partial charge in [-0.1, -0.05) is 23.5 Å². The average Bonchev–Trinajstić information content (AvgIpc) is 2.82. The Hall–Kier alpha value is -2.34. The minimum Gasteiger partial charge on any atom is -0.317 e. The van der Waals surface area contributed by atoms with Crippen LogP contribution < -0.4 is 4.80 Å². The molecule has 0 spiro atoms. The van der Waals surface area contributed by atoms with Crippen LogP contribution in [0.4, 0.5) is 8.78 Å². The highest BCUT2D eigenvalue weighted by Gasteiger charge is 2.17. The molecular weight excluding hydrogens is 318 g/mol. The first-order chi connectivity index (χ1) is 11.0. The fraction of sp³-hybridized carbons (Fsp3) is 0.176. The molecule has 0 fully saturated rings. The maximum atomic E-state index is 13.7. The molecule has 0 atom stereocenters. The summed E-state index contributed by atoms with van der Waals surface area (Å²) in [4.78, 5) is 16.6. The predicted molar refractivity (Wildman–Crippen MR) is 86.5 cm³/mol. The van der Waals surface area contributed by atoms with Crippen molar-refractivity contribution < 1.29 is 13.6 Å². The van der Waals surface area contributed by atoms with Crippen LogP contribution in [0.15, 0.2) is 41.4 Å². The molecule has 3 nitrogen and oxygen atoms in total. The lowest BCUT2D eigenvalue weighted by Gasteiger charge is -2.01. The normalized spacial score (nSPS) is 12.1. The number of rotatable bonds is 2. The highest BCUT2D eigenvalue weighted by Crippen LogP contribution is 2.19. The van der Waals surface area contributed by atoms with Crippen LogP contribution in [0.3, 0.4) is 0 Å². The molecule has 0 saturated heterocycles. The van der Waals surface area contributed by atoms with E-state index in [-0.39, 0.29) is 0 Å². The fourth-order valence-electron chi connectivity index (χ4n) is 2.42. The van der Waals surface area contributed by atoms with Crippen molar-refractivity contribution in [1.29, 1.82) is 0 Å². The molecule has 0 aliphatic rings. The minimum absolute atomic E-state index is 0.431. The van der Waals surface area contributed by atoms with Crippen molar-refractivity contribution >= 4 is 27.5 Å². The number of nitrogens with zero attached hydrogens (tertiary/aromatic N) is 2. The third kappa shape index (κ3) is 2.82. The van der Waals surface area contributed by atoms with Crippen molar-refractivity contribution in [3.63, 3.8) is 0 Å². The first kappa shape index (κ1) is 15.6. The molecule has 0 aliphatic heterocycles. The summed E-state index contributed by atoms with van der Waals surface area (Å²) in [5, 5.41) is 0. The SMILES string of the molecule is CCn1c(=NC(=O)c2c(F)cccc2F)sc2cc(C)ccc21. The molecule has 1 amide bonds. The Labute approximate surface area is 135 Å². The summed E-state index contributed by atoms with van der Waals surface area (Å²) in [6.07, 6.45) is 0. The standard InChI is InChI=1S/C17H14F2N2OS/c1-3-21-13-8-7-10(2)9-14(13)23-17(21)20-16(22)15-11(18)5-4-6-12(15)19/h4-9H,3H2,1-2H3. The Kier molecular flexibility index (Phi) is 4.09. The maximum Gasteiger partial charge on any atom is 0.285 e. The number of benzene rings is 2. The summed E-state index contributed by atoms with van der Waals surface area (Å²) in [7, 11) is 0. The van der Waals surface area contributed by atoms with Crippen molar-refractivity contribution in [3.8, 4) is 0 Å². The Bertz CT molecular complexity index is 952. The summed E-state index contributed by atoms with van der Waals surface area (Å²) in [6.45, 7) is 4.51. The molecule has 23 heavy (non-hydrogen) atoms. The maximum absolute atomic E-state index is 13.7. The number of hydrogen-bond donors (Lipinski definition) is 0. The monoisotopic (exact) mass is 332 g/mol. The average molecular weight is 332 g/mol. The van der Waals surface area contributed by atoms with E-state index in [1.807, 2.05) is 36.6 Å². The van der Waals surface area contributed by atoms with Crippen LogP contribution in [-0.2, 0) is 6.54 Å². The lowest BCUT2D eigenvalue weighted by atomic mass is 10.2. The highest BCUT2D eigenvalue weighted by molar-refractivity contribution is 7.16. The fourth-order valence-corrected chi connectivity index (χ4v) is 3.61. The number of halogens is 2. The van der Waals surface area contributed by atoms with Crippen LogP contribution in [0.25, 0.3) is 10.2 Å². The number of thiazole rings is 1. The van der Waals surface area contributed by atoms with Crippen molar-refractivity contribution in [3.05, 3.63) is 64.0 Å². The van der Waals surface area contributed by atoms with Crippen LogP contribution in [-0.4, -0.2) is 10.5 Å². The lowest BCUT2D eigenvalue weighted by molar-refractivity contribution is 0.0990. The molecule has 118 valence electrons. The molecule has 0 aliphatic carbocycles. The van der Waals surface area contributed by atoms with Gasteiger partial charge in [-0.05, 0) is 43.7 Å². The van der Waals surface area contributed by atoms with E-state index in [9.17, 15) is 13.6 Å². The van der Waals surface area contributed by atoms with Crippen LogP contribution in [0.5, 0.6) is 0 Å². The van der Waals surface area contributed by atoms with Crippen molar-refractivity contribution in [2.45, 2.75) is 20.4 Å². The van der Waals surface area contributed by atoms with Gasteiger partial charge in [-0.15, -0.1) is 0 Å². The molecule has 1 heterocycles. The van der Waals surface area contributed by atoms with E-state index in [2.05, 4.69) is 4.99 Å². The van der Waals surface area contributed by atoms with Gasteiger partial charge in [0.2, 0.25) is 0 Å². The molecule has 6 heteroatoms. The van der Waals surface area contributed by atoms with E-state index in [0.29, 0.717) is 11.3 Å². The summed E-state index contributed by atoms with van der Waals surface area (Å²) < 4.78 is 30.3. The van der Waals surface area contributed by atoms with Crippen LogP contribution in [0, 0.1) is 18.6 Å². The zero-order chi connectivity index (χ0) is 16.6. The molecular formula is C17H14F2N2OS. The first-order valence-electron chi connectivity index (χ1n) is 7.14. The van der Waals surface area contributed by atoms with E-state index >= 15 is 0 Å². The quantitative estimate of drug-likeness (QED) is 0.697. The van der Waals surface area contributed by atoms with E-state index in [1.54, 1.807) is 0 Å². The lowest BCUT2D eigenvalue weighted by Crippen LogP contribution is -2.17. The van der Waals surface area contributed by atoms with Crippen LogP contribution in [0.2, 0.25) is 0 Å². The topological polar surface area (TPSA) is 34.4 Å². The molecule has 3 aromatic rings. The van der Waals surface area contributed by atoms with Gasteiger partial charge in [0.25, 0.3) is 5.91 Å². The zero-order valence-corrected chi connectivity index (χ0v) is 13.5. The van der Waals surface area contributed by atoms with Gasteiger partial charge in [0.05, 0.1) is 10.2 Å². The third-order valence-corrected chi connectivity index (χ3v) is 4.57. The second kappa shape index (κ2) is 6.04. The van der Waals surface area contributed by atoms with E-state index in [4.69, 9.17) is 0 Å². The van der Waals surface area contributed by atoms with Gasteiger partial charge in [-0.2, -0.15) is 4.99 Å². The van der Waals surface area contributed by atoms with Gasteiger partial charge in [-0.3, -0.25) is 4.79 Å². The molecule has 1 aromatic heterocycles. The Balaban J connectivity index is 2.19. The van der Waals surface area contributed by atoms with Gasteiger partial charge in [0.1, 0.15) is 17.2 Å². The number of aromatic nitrogens is 1. The summed E-state index contributed by atoms with van der Waals surface area (Å²) >= 11 is 1.33. The molecule has 0 N–H and O–H groups in total. The van der Waals surface area contributed by atoms with Crippen molar-refractivity contribution in [2.75, 3.05) is 0 Å². The van der Waals surface area contributed by atoms with Crippen LogP contribution in [0.1, 0.15) is 22.8 Å². The summed E-state index contributed by atoms with van der Waals surface area (Å²) in [5.41, 5.74) is 1.42. The highest BCUT2D eigenvalue weighted by atomic mass is 32.1. The molecule has 0 saturated carbocycles. The zero-order valence-electron chi connectivity index (χ0n) is 12.6. The Morgan fingerprint density at radius 3 is 2.57 bits per heavy atom. The predicted octanol–water partition coefficient (Wildman–Crippen LogP) is 4.05. The summed E-state index contributed by atoms with van der Waals surface area (Å²) in [6, 6.07) is 9.25. The Morgan fingerprint density at radius 2 is 1.91 bits per heavy atom. The Morgan fingerprint density at radius 1 is 1.22 bits per heavy atom. The molecule has 0 unspecified atom stereocenters. The van der Waals surface area contributed by atoms with Gasteiger partial charge < -0.3 is 4.57 Å². The molecule has 0 radical (unpaired) electrons. The van der Waals surface area contributed by atoms with Gasteiger partial charge in [0, 0.05) is 6.54 Å². The van der Waals surface area contributed by atoms with Crippen LogP contribution >= 0.6 is 11.3 Å². The van der Waals surface area contributed by atoms with Crippen molar-refractivity contribution in [1.82, 2.24) is 4.57 Å². The number of carbonyl (C=O) groups is 1. The smallest absolute Gasteiger partial charge is 0.285 e. The largest absolute Gasteiger partial charge is 0.317 e. The van der Waals surface area contributed by atoms with Gasteiger partial charge >= 0.3 is 0 Å². The minimum atomic E-state index is -0.911. The number of hydrogen-bond acceptors (Lipinski definition) is 2. The second-order valence-electron chi connectivity index (χ2n) is 5.11. The van der Waals surface area contributed by atoms with Gasteiger partial charge in [0.15, 0.2) is 4.80 Å².